The number of aliphatic hydroxyl groups is 2. The van der Waals surface area contributed by atoms with Gasteiger partial charge in [0.15, 0.2) is 0 Å². The predicted octanol–water partition coefficient (Wildman–Crippen LogP) is 2.27. The number of carbonyl (C=O) groups is 2. The van der Waals surface area contributed by atoms with Crippen LogP contribution in [0.5, 0.6) is 0 Å². The van der Waals surface area contributed by atoms with Gasteiger partial charge in [-0.3, -0.25) is 14.6 Å². The van der Waals surface area contributed by atoms with E-state index in [-0.39, 0.29) is 37.7 Å². The van der Waals surface area contributed by atoms with Crippen LogP contribution < -0.4 is 0 Å². The molecule has 1 aromatic heterocycles. The van der Waals surface area contributed by atoms with E-state index in [0.29, 0.717) is 11.1 Å². The maximum absolute atomic E-state index is 12.8. The Morgan fingerprint density at radius 2 is 1.93 bits per heavy atom. The number of ketones is 1. The monoisotopic (exact) mass is 446 g/mol. The molecule has 2 aromatic rings. The molecule has 8 heteroatoms. The number of halogens is 1. The number of aliphatic hydroxyl groups excluding tert-OH is 2. The Balaban J connectivity index is 2.03. The highest BCUT2D eigenvalue weighted by molar-refractivity contribution is 9.10. The fraction of sp³-hybridized carbons (Fsp3) is 0.250. The largest absolute Gasteiger partial charge is 0.507 e. The fourth-order valence-electron chi connectivity index (χ4n) is 3.09. The third-order valence-corrected chi connectivity index (χ3v) is 4.90. The first kappa shape index (κ1) is 20.2. The average Bonchev–Trinajstić information content (AvgIpc) is 2.97. The molecule has 1 atom stereocenters. The van der Waals surface area contributed by atoms with Gasteiger partial charge in [-0.2, -0.15) is 0 Å². The van der Waals surface area contributed by atoms with Gasteiger partial charge in [0, 0.05) is 29.0 Å². The van der Waals surface area contributed by atoms with Crippen molar-refractivity contribution in [2.24, 2.45) is 0 Å². The molecule has 2 N–H and O–H groups in total. The van der Waals surface area contributed by atoms with Crippen molar-refractivity contribution in [3.8, 4) is 0 Å². The number of Topliss-reactive ketones (excluding diaryl/α,β-unsaturated/α-hetero) is 1. The molecule has 0 saturated carbocycles. The van der Waals surface area contributed by atoms with Crippen molar-refractivity contribution in [2.75, 3.05) is 26.4 Å². The van der Waals surface area contributed by atoms with Gasteiger partial charge < -0.3 is 19.8 Å². The van der Waals surface area contributed by atoms with E-state index in [1.807, 2.05) is 0 Å². The number of ether oxygens (including phenoxy) is 1. The summed E-state index contributed by atoms with van der Waals surface area (Å²) in [7, 11) is 0. The lowest BCUT2D eigenvalue weighted by Gasteiger charge is -2.24. The Bertz CT molecular complexity index is 883. The smallest absolute Gasteiger partial charge is 0.295 e. The summed E-state index contributed by atoms with van der Waals surface area (Å²) in [5, 5.41) is 19.7. The molecule has 28 heavy (non-hydrogen) atoms. The SMILES string of the molecule is O=C1C(=O)N(CCOCCO)C(c2cccnc2)/C1=C(\O)c1ccc(Br)cc1. The van der Waals surface area contributed by atoms with Crippen LogP contribution in [0.25, 0.3) is 5.76 Å². The van der Waals surface area contributed by atoms with Crippen LogP contribution >= 0.6 is 15.9 Å². The molecule has 1 saturated heterocycles. The third-order valence-electron chi connectivity index (χ3n) is 4.37. The minimum atomic E-state index is -0.768. The molecular formula is C20H19BrN2O5. The summed E-state index contributed by atoms with van der Waals surface area (Å²) in [5.74, 6) is -1.70. The number of likely N-dealkylation sites (tertiary alicyclic amines) is 1. The molecule has 1 amide bonds. The van der Waals surface area contributed by atoms with Crippen molar-refractivity contribution in [1.29, 1.82) is 0 Å². The topological polar surface area (TPSA) is 100.0 Å². The van der Waals surface area contributed by atoms with Crippen LogP contribution in [0.1, 0.15) is 17.2 Å². The predicted molar refractivity (Wildman–Crippen MR) is 105 cm³/mol. The van der Waals surface area contributed by atoms with Gasteiger partial charge in [-0.1, -0.05) is 34.1 Å². The van der Waals surface area contributed by atoms with Gasteiger partial charge >= 0.3 is 0 Å². The van der Waals surface area contributed by atoms with E-state index in [0.717, 1.165) is 4.47 Å². The summed E-state index contributed by atoms with van der Waals surface area (Å²) in [6, 6.07) is 9.50. The highest BCUT2D eigenvalue weighted by atomic mass is 79.9. The number of pyridine rings is 1. The van der Waals surface area contributed by atoms with E-state index in [9.17, 15) is 14.7 Å². The van der Waals surface area contributed by atoms with Crippen molar-refractivity contribution in [1.82, 2.24) is 9.88 Å². The molecule has 0 bridgehead atoms. The highest BCUT2D eigenvalue weighted by Gasteiger charge is 2.45. The molecule has 7 nitrogen and oxygen atoms in total. The number of aromatic nitrogens is 1. The lowest BCUT2D eigenvalue weighted by atomic mass is 9.96. The Morgan fingerprint density at radius 1 is 1.18 bits per heavy atom. The fourth-order valence-corrected chi connectivity index (χ4v) is 3.35. The number of hydrogen-bond acceptors (Lipinski definition) is 6. The summed E-state index contributed by atoms with van der Waals surface area (Å²) in [5.41, 5.74) is 1.07. The molecular weight excluding hydrogens is 428 g/mol. The molecule has 1 aromatic carbocycles. The maximum Gasteiger partial charge on any atom is 0.295 e. The van der Waals surface area contributed by atoms with Crippen LogP contribution in [0.4, 0.5) is 0 Å². The summed E-state index contributed by atoms with van der Waals surface area (Å²) < 4.78 is 6.08. The van der Waals surface area contributed by atoms with E-state index in [2.05, 4.69) is 20.9 Å². The molecule has 1 unspecified atom stereocenters. The number of rotatable bonds is 7. The quantitative estimate of drug-likeness (QED) is 0.293. The summed E-state index contributed by atoms with van der Waals surface area (Å²) in [6.07, 6.45) is 3.15. The van der Waals surface area contributed by atoms with Crippen LogP contribution in [0.15, 0.2) is 58.8 Å². The lowest BCUT2D eigenvalue weighted by Crippen LogP contribution is -2.33. The highest BCUT2D eigenvalue weighted by Crippen LogP contribution is 2.38. The molecule has 0 aliphatic carbocycles. The minimum absolute atomic E-state index is 0.0162. The number of benzene rings is 1. The van der Waals surface area contributed by atoms with Crippen LogP contribution in [0, 0.1) is 0 Å². The Labute approximate surface area is 170 Å². The lowest BCUT2D eigenvalue weighted by molar-refractivity contribution is -0.140. The number of amides is 1. The third kappa shape index (κ3) is 4.14. The van der Waals surface area contributed by atoms with Crippen molar-refractivity contribution in [2.45, 2.75) is 6.04 Å². The van der Waals surface area contributed by atoms with Gasteiger partial charge in [0.1, 0.15) is 5.76 Å². The van der Waals surface area contributed by atoms with Crippen LogP contribution in [-0.2, 0) is 14.3 Å². The second-order valence-electron chi connectivity index (χ2n) is 6.12. The summed E-state index contributed by atoms with van der Waals surface area (Å²) in [6.45, 7) is 0.304. The normalized spacial score (nSPS) is 18.6. The second-order valence-corrected chi connectivity index (χ2v) is 7.04. The van der Waals surface area contributed by atoms with Crippen LogP contribution in [0.2, 0.25) is 0 Å². The molecule has 1 aliphatic rings. The molecule has 1 aliphatic heterocycles. The van der Waals surface area contributed by atoms with Gasteiger partial charge in [0.05, 0.1) is 31.4 Å². The number of carbonyl (C=O) groups excluding carboxylic acids is 2. The van der Waals surface area contributed by atoms with E-state index in [1.165, 1.54) is 4.90 Å². The molecule has 146 valence electrons. The second kappa shape index (κ2) is 9.09. The molecule has 1 fully saturated rings. The summed E-state index contributed by atoms with van der Waals surface area (Å²) >= 11 is 3.33. The Morgan fingerprint density at radius 3 is 2.57 bits per heavy atom. The zero-order valence-electron chi connectivity index (χ0n) is 14.9. The van der Waals surface area contributed by atoms with E-state index < -0.39 is 17.7 Å². The van der Waals surface area contributed by atoms with E-state index in [4.69, 9.17) is 9.84 Å². The maximum atomic E-state index is 12.8. The van der Waals surface area contributed by atoms with Gasteiger partial charge in [-0.15, -0.1) is 0 Å². The first-order chi connectivity index (χ1) is 13.5. The average molecular weight is 447 g/mol. The molecule has 3 rings (SSSR count). The van der Waals surface area contributed by atoms with E-state index >= 15 is 0 Å². The first-order valence-corrected chi connectivity index (χ1v) is 9.46. The van der Waals surface area contributed by atoms with Gasteiger partial charge in [-0.05, 0) is 23.8 Å². The summed E-state index contributed by atoms with van der Waals surface area (Å²) in [4.78, 5) is 30.8. The van der Waals surface area contributed by atoms with Crippen molar-refractivity contribution < 1.29 is 24.5 Å². The van der Waals surface area contributed by atoms with Crippen LogP contribution in [0.3, 0.4) is 0 Å². The minimum Gasteiger partial charge on any atom is -0.507 e. The Kier molecular flexibility index (Phi) is 6.56. The van der Waals surface area contributed by atoms with E-state index in [1.54, 1.807) is 48.8 Å². The Hall–Kier alpha value is -2.55. The molecule has 0 radical (unpaired) electrons. The molecule has 2 heterocycles. The zero-order chi connectivity index (χ0) is 20.1. The first-order valence-electron chi connectivity index (χ1n) is 8.67. The number of hydrogen-bond donors (Lipinski definition) is 2. The van der Waals surface area contributed by atoms with Crippen molar-refractivity contribution in [3.05, 3.63) is 70.0 Å². The number of nitrogens with zero attached hydrogens (tertiary/aromatic N) is 2. The van der Waals surface area contributed by atoms with Gasteiger partial charge in [0.25, 0.3) is 11.7 Å². The van der Waals surface area contributed by atoms with Crippen molar-refractivity contribution in [3.63, 3.8) is 0 Å². The molecule has 0 spiro atoms. The zero-order valence-corrected chi connectivity index (χ0v) is 16.5. The van der Waals surface area contributed by atoms with Gasteiger partial charge in [-0.25, -0.2) is 0 Å². The van der Waals surface area contributed by atoms with Gasteiger partial charge in [0.2, 0.25) is 0 Å². The van der Waals surface area contributed by atoms with Crippen LogP contribution in [-0.4, -0.2) is 58.2 Å². The standard InChI is InChI=1S/C20H19BrN2O5/c21-15-5-3-13(4-6-15)18(25)16-17(14-2-1-7-22-12-14)23(20(27)19(16)26)8-10-28-11-9-24/h1-7,12,17,24-25H,8-11H2/b18-16+. The van der Waals surface area contributed by atoms with Crippen molar-refractivity contribution >= 4 is 33.4 Å².